The van der Waals surface area contributed by atoms with Crippen LogP contribution >= 0.6 is 0 Å². The van der Waals surface area contributed by atoms with E-state index >= 15 is 0 Å². The van der Waals surface area contributed by atoms with Crippen molar-refractivity contribution in [3.8, 4) is 0 Å². The third kappa shape index (κ3) is 3.85. The van der Waals surface area contributed by atoms with Crippen LogP contribution in [0.5, 0.6) is 0 Å². The van der Waals surface area contributed by atoms with Gasteiger partial charge in [-0.1, -0.05) is 50.5 Å². The first-order chi connectivity index (χ1) is 15.7. The zero-order chi connectivity index (χ0) is 25.7. The molecular formula is C26H36O8. The molecule has 0 amide bonds. The average Bonchev–Trinajstić information content (AvgIpc) is 3.33. The molecule has 8 heteroatoms. The van der Waals surface area contributed by atoms with Crippen LogP contribution in [0.15, 0.2) is 22.8 Å². The van der Waals surface area contributed by atoms with Gasteiger partial charge in [0.25, 0.3) is 0 Å². The van der Waals surface area contributed by atoms with Gasteiger partial charge in [0.1, 0.15) is 0 Å². The highest BCUT2D eigenvalue weighted by Crippen LogP contribution is 2.66. The Morgan fingerprint density at radius 2 is 1.26 bits per heavy atom. The highest BCUT2D eigenvalue weighted by Gasteiger charge is 2.65. The topological polar surface area (TPSA) is 105 Å². The van der Waals surface area contributed by atoms with E-state index < -0.39 is 40.1 Å². The van der Waals surface area contributed by atoms with Crippen molar-refractivity contribution in [2.75, 3.05) is 28.4 Å². The Kier molecular flexibility index (Phi) is 6.52. The molecule has 0 spiro atoms. The number of hydrogen-bond donors (Lipinski definition) is 0. The second-order valence-electron chi connectivity index (χ2n) is 11.2. The fraction of sp³-hybridized carbons (Fsp3) is 0.692. The van der Waals surface area contributed by atoms with Gasteiger partial charge < -0.3 is 18.9 Å². The van der Waals surface area contributed by atoms with Crippen molar-refractivity contribution in [2.45, 2.75) is 59.8 Å². The first-order valence-electron chi connectivity index (χ1n) is 11.5. The molecule has 2 fully saturated rings. The molecule has 0 unspecified atom stereocenters. The van der Waals surface area contributed by atoms with Crippen LogP contribution in [0, 0.1) is 27.6 Å². The quantitative estimate of drug-likeness (QED) is 0.263. The summed E-state index contributed by atoms with van der Waals surface area (Å²) in [6.45, 7) is 8.30. The van der Waals surface area contributed by atoms with Crippen molar-refractivity contribution in [1.82, 2.24) is 0 Å². The van der Waals surface area contributed by atoms with E-state index in [-0.39, 0.29) is 37.0 Å². The molecule has 2 saturated carbocycles. The molecule has 0 heterocycles. The lowest BCUT2D eigenvalue weighted by atomic mass is 9.66. The zero-order valence-corrected chi connectivity index (χ0v) is 21.5. The first-order valence-corrected chi connectivity index (χ1v) is 11.5. The molecule has 188 valence electrons. The first kappa shape index (κ1) is 26.0. The van der Waals surface area contributed by atoms with Crippen molar-refractivity contribution >= 4 is 23.9 Å². The molecule has 0 aromatic heterocycles. The Morgan fingerprint density at radius 1 is 0.794 bits per heavy atom. The van der Waals surface area contributed by atoms with Crippen LogP contribution in [0.4, 0.5) is 0 Å². The second-order valence-corrected chi connectivity index (χ2v) is 11.2. The van der Waals surface area contributed by atoms with E-state index in [4.69, 9.17) is 18.9 Å². The van der Waals surface area contributed by atoms with Gasteiger partial charge in [-0.25, -0.2) is 0 Å². The summed E-state index contributed by atoms with van der Waals surface area (Å²) in [6, 6.07) is 0. The summed E-state index contributed by atoms with van der Waals surface area (Å²) in [6.07, 6.45) is 3.50. The normalized spacial score (nSPS) is 28.1. The summed E-state index contributed by atoms with van der Waals surface area (Å²) in [4.78, 5) is 51.8. The van der Waals surface area contributed by atoms with E-state index in [0.717, 1.165) is 16.7 Å². The Balaban J connectivity index is 2.27. The van der Waals surface area contributed by atoms with Crippen molar-refractivity contribution in [2.24, 2.45) is 27.6 Å². The second kappa shape index (κ2) is 8.54. The number of hydrogen-bond acceptors (Lipinski definition) is 8. The Morgan fingerprint density at radius 3 is 1.71 bits per heavy atom. The standard InChI is InChI=1S/C26H36O8/c1-23(2,3)9-15-10-24(4)14-26(21(29)33-7,22(30)34-8)13-18(24)17-12-25(11-16(15)17,19(27)31-5)20(28)32-6/h9,16H,10-14H2,1-8H3/b15-9-/t16-,24-/m0/s1. The van der Waals surface area contributed by atoms with Crippen molar-refractivity contribution in [1.29, 1.82) is 0 Å². The maximum Gasteiger partial charge on any atom is 0.323 e. The highest BCUT2D eigenvalue weighted by atomic mass is 16.6. The number of ether oxygens (including phenoxy) is 4. The summed E-state index contributed by atoms with van der Waals surface area (Å²) >= 11 is 0. The Bertz CT molecular complexity index is 947. The summed E-state index contributed by atoms with van der Waals surface area (Å²) in [5, 5.41) is 0. The Labute approximate surface area is 201 Å². The summed E-state index contributed by atoms with van der Waals surface area (Å²) in [5.41, 5.74) is -0.702. The number of methoxy groups -OCH3 is 4. The van der Waals surface area contributed by atoms with E-state index in [1.54, 1.807) is 0 Å². The van der Waals surface area contributed by atoms with Crippen LogP contribution in [0.25, 0.3) is 0 Å². The number of carbonyl (C=O) groups excluding carboxylic acids is 4. The molecule has 0 N–H and O–H groups in total. The minimum absolute atomic E-state index is 0.127. The van der Waals surface area contributed by atoms with Gasteiger partial charge in [-0.2, -0.15) is 0 Å². The molecule has 8 nitrogen and oxygen atoms in total. The molecular weight excluding hydrogens is 440 g/mol. The maximum absolute atomic E-state index is 13.0. The predicted octanol–water partition coefficient (Wildman–Crippen LogP) is 3.53. The van der Waals surface area contributed by atoms with Crippen LogP contribution in [-0.2, 0) is 38.1 Å². The monoisotopic (exact) mass is 476 g/mol. The maximum atomic E-state index is 13.0. The Hall–Kier alpha value is -2.64. The lowest BCUT2D eigenvalue weighted by Gasteiger charge is -2.38. The average molecular weight is 477 g/mol. The van der Waals surface area contributed by atoms with Gasteiger partial charge in [0.15, 0.2) is 10.8 Å². The molecule has 3 aliphatic rings. The number of fused-ring (bicyclic) bond motifs is 2. The van der Waals surface area contributed by atoms with E-state index in [0.29, 0.717) is 6.42 Å². The van der Waals surface area contributed by atoms with Crippen LogP contribution in [-0.4, -0.2) is 52.3 Å². The van der Waals surface area contributed by atoms with Crippen LogP contribution < -0.4 is 0 Å². The van der Waals surface area contributed by atoms with Gasteiger partial charge in [-0.05, 0) is 42.9 Å². The highest BCUT2D eigenvalue weighted by molar-refractivity contribution is 6.02. The minimum Gasteiger partial charge on any atom is -0.468 e. The van der Waals surface area contributed by atoms with Crippen LogP contribution in [0.3, 0.4) is 0 Å². The smallest absolute Gasteiger partial charge is 0.323 e. The molecule has 0 bridgehead atoms. The van der Waals surface area contributed by atoms with E-state index in [2.05, 4.69) is 26.8 Å². The molecule has 0 saturated heterocycles. The summed E-state index contributed by atoms with van der Waals surface area (Å²) in [7, 11) is 5.05. The minimum atomic E-state index is -1.47. The molecule has 0 aromatic carbocycles. The predicted molar refractivity (Wildman–Crippen MR) is 122 cm³/mol. The van der Waals surface area contributed by atoms with Crippen molar-refractivity contribution < 1.29 is 38.1 Å². The van der Waals surface area contributed by atoms with E-state index in [9.17, 15) is 19.2 Å². The number of carbonyl (C=O) groups is 4. The summed E-state index contributed by atoms with van der Waals surface area (Å²) in [5.74, 6) is -2.73. The van der Waals surface area contributed by atoms with E-state index in [1.165, 1.54) is 28.4 Å². The van der Waals surface area contributed by atoms with Gasteiger partial charge in [0.05, 0.1) is 28.4 Å². The number of esters is 4. The van der Waals surface area contributed by atoms with Gasteiger partial charge in [0, 0.05) is 5.92 Å². The molecule has 0 radical (unpaired) electrons. The van der Waals surface area contributed by atoms with Crippen molar-refractivity contribution in [3.05, 3.63) is 22.8 Å². The fourth-order valence-electron chi connectivity index (χ4n) is 6.51. The molecule has 2 atom stereocenters. The summed E-state index contributed by atoms with van der Waals surface area (Å²) < 4.78 is 20.2. The lowest BCUT2D eigenvalue weighted by molar-refractivity contribution is -0.170. The third-order valence-corrected chi connectivity index (χ3v) is 7.72. The SMILES string of the molecule is COC(=O)C1(C(=O)OC)CC2=C3CC(C(=O)OC)(C(=O)OC)C[C@]3(C)C/C(=C/C(C)(C)C)[C@@H]2C1. The van der Waals surface area contributed by atoms with Gasteiger partial charge in [0.2, 0.25) is 0 Å². The van der Waals surface area contributed by atoms with Gasteiger partial charge >= 0.3 is 23.9 Å². The molecule has 3 aliphatic carbocycles. The number of allylic oxidation sites excluding steroid dienone is 4. The number of rotatable bonds is 4. The van der Waals surface area contributed by atoms with Crippen LogP contribution in [0.2, 0.25) is 0 Å². The zero-order valence-electron chi connectivity index (χ0n) is 21.5. The fourth-order valence-corrected chi connectivity index (χ4v) is 6.51. The lowest BCUT2D eigenvalue weighted by Crippen LogP contribution is -2.40. The third-order valence-electron chi connectivity index (χ3n) is 7.72. The molecule has 0 aromatic rings. The molecule has 34 heavy (non-hydrogen) atoms. The van der Waals surface area contributed by atoms with Crippen LogP contribution in [0.1, 0.15) is 59.8 Å². The van der Waals surface area contributed by atoms with Crippen molar-refractivity contribution in [3.63, 3.8) is 0 Å². The van der Waals surface area contributed by atoms with Gasteiger partial charge in [-0.3, -0.25) is 19.2 Å². The molecule has 3 rings (SSSR count). The molecule has 0 aliphatic heterocycles. The van der Waals surface area contributed by atoms with E-state index in [1.807, 2.05) is 6.92 Å². The largest absolute Gasteiger partial charge is 0.468 e. The van der Waals surface area contributed by atoms with Gasteiger partial charge in [-0.15, -0.1) is 0 Å².